The molecule has 0 spiro atoms. The van der Waals surface area contributed by atoms with Gasteiger partial charge in [-0.25, -0.2) is 0 Å². The van der Waals surface area contributed by atoms with Crippen molar-refractivity contribution in [2.24, 2.45) is 0 Å². The second-order valence-corrected chi connectivity index (χ2v) is 3.92. The van der Waals surface area contributed by atoms with Gasteiger partial charge in [0.15, 0.2) is 0 Å². The molecule has 4 aromatic rings. The second-order valence-electron chi connectivity index (χ2n) is 3.92. The molecule has 0 bridgehead atoms. The highest BCUT2D eigenvalue weighted by molar-refractivity contribution is 5.64. The quantitative estimate of drug-likeness (QED) is 0.559. The van der Waals surface area contributed by atoms with Gasteiger partial charge in [0, 0.05) is 24.3 Å². The van der Waals surface area contributed by atoms with E-state index < -0.39 is 0 Å². The lowest BCUT2D eigenvalue weighted by Gasteiger charge is -1.82. The largest absolute Gasteiger partial charge is 0.364 e. The summed E-state index contributed by atoms with van der Waals surface area (Å²) >= 11 is 0. The Kier molecular flexibility index (Phi) is 2.25. The van der Waals surface area contributed by atoms with Crippen LogP contribution in [0.5, 0.6) is 0 Å². The average Bonchev–Trinajstić information content (AvgIpc) is 3.22. The Labute approximate surface area is 110 Å². The van der Waals surface area contributed by atoms with Gasteiger partial charge in [-0.15, -0.1) is 0 Å². The van der Waals surface area contributed by atoms with Gasteiger partial charge in [0.1, 0.15) is 35.3 Å². The van der Waals surface area contributed by atoms with Crippen molar-refractivity contribution in [1.82, 2.24) is 20.6 Å². The lowest BCUT2D eigenvalue weighted by Crippen LogP contribution is -1.73. The van der Waals surface area contributed by atoms with E-state index in [-0.39, 0.29) is 0 Å². The number of hydrogen-bond acceptors (Lipinski definition) is 8. The van der Waals surface area contributed by atoms with Crippen LogP contribution in [0.4, 0.5) is 0 Å². The lowest BCUT2D eigenvalue weighted by molar-refractivity contribution is 0.387. The van der Waals surface area contributed by atoms with Crippen LogP contribution >= 0.6 is 0 Å². The second kappa shape index (κ2) is 4.19. The van der Waals surface area contributed by atoms with Crippen molar-refractivity contribution >= 4 is 0 Å². The molecule has 4 heterocycles. The summed E-state index contributed by atoms with van der Waals surface area (Å²) in [4.78, 5) is 0. The molecule has 0 saturated heterocycles. The molecule has 8 nitrogen and oxygen atoms in total. The predicted octanol–water partition coefficient (Wildman–Crippen LogP) is 2.64. The smallest absolute Gasteiger partial charge is 0.205 e. The third-order valence-corrected chi connectivity index (χ3v) is 2.66. The first-order valence-electron chi connectivity index (χ1n) is 5.65. The summed E-state index contributed by atoms with van der Waals surface area (Å²) in [5.74, 6) is 0.871. The summed E-state index contributed by atoms with van der Waals surface area (Å²) in [6.45, 7) is 0. The van der Waals surface area contributed by atoms with E-state index in [9.17, 15) is 0 Å². The molecule has 0 atom stereocenters. The van der Waals surface area contributed by atoms with Crippen LogP contribution in [0.25, 0.3) is 34.3 Å². The maximum atomic E-state index is 5.20. The average molecular weight is 270 g/mol. The van der Waals surface area contributed by atoms with E-state index in [1.165, 1.54) is 12.5 Å². The Hall–Kier alpha value is -3.16. The zero-order chi connectivity index (χ0) is 13.4. The van der Waals surface area contributed by atoms with E-state index in [4.69, 9.17) is 18.1 Å². The van der Waals surface area contributed by atoms with Gasteiger partial charge in [-0.2, -0.15) is 0 Å². The molecule has 0 aliphatic carbocycles. The summed E-state index contributed by atoms with van der Waals surface area (Å²) < 4.78 is 19.9. The SMILES string of the molecule is c1cc(-c2cc(-c3cc(-c4ccon4)no3)on2)no1. The molecule has 4 aromatic heterocycles. The van der Waals surface area contributed by atoms with Crippen LogP contribution in [0.1, 0.15) is 0 Å². The zero-order valence-corrected chi connectivity index (χ0v) is 9.89. The normalized spacial score (nSPS) is 11.0. The summed E-state index contributed by atoms with van der Waals surface area (Å²) in [7, 11) is 0. The minimum atomic E-state index is 0.435. The Morgan fingerprint density at radius 2 is 1.10 bits per heavy atom. The lowest BCUT2D eigenvalue weighted by atomic mass is 10.2. The van der Waals surface area contributed by atoms with E-state index in [1.54, 1.807) is 24.3 Å². The van der Waals surface area contributed by atoms with Crippen LogP contribution in [-0.2, 0) is 0 Å². The van der Waals surface area contributed by atoms with Gasteiger partial charge in [-0.05, 0) is 0 Å². The molecule has 0 unspecified atom stereocenters. The van der Waals surface area contributed by atoms with Crippen molar-refractivity contribution in [1.29, 1.82) is 0 Å². The van der Waals surface area contributed by atoms with Crippen LogP contribution in [0.15, 0.2) is 54.9 Å². The third-order valence-electron chi connectivity index (χ3n) is 2.66. The molecular formula is C12H6N4O4. The minimum Gasteiger partial charge on any atom is -0.364 e. The molecule has 0 fully saturated rings. The van der Waals surface area contributed by atoms with Gasteiger partial charge in [0.2, 0.25) is 11.5 Å². The summed E-state index contributed by atoms with van der Waals surface area (Å²) in [6, 6.07) is 6.74. The third kappa shape index (κ3) is 1.70. The number of hydrogen-bond donors (Lipinski definition) is 0. The van der Waals surface area contributed by atoms with Crippen molar-refractivity contribution in [2.75, 3.05) is 0 Å². The molecule has 4 rings (SSSR count). The van der Waals surface area contributed by atoms with Gasteiger partial charge in [-0.1, -0.05) is 20.6 Å². The Balaban J connectivity index is 1.68. The van der Waals surface area contributed by atoms with Gasteiger partial charge < -0.3 is 18.1 Å². The molecule has 8 heteroatoms. The number of rotatable bonds is 3. The summed E-state index contributed by atoms with van der Waals surface area (Å²) in [5, 5.41) is 15.3. The Bertz CT molecular complexity index is 743. The minimum absolute atomic E-state index is 0.435. The molecule has 0 N–H and O–H groups in total. The maximum absolute atomic E-state index is 5.20. The van der Waals surface area contributed by atoms with Crippen molar-refractivity contribution in [2.45, 2.75) is 0 Å². The molecule has 0 aliphatic rings. The number of aromatic nitrogens is 4. The van der Waals surface area contributed by atoms with E-state index in [2.05, 4.69) is 20.6 Å². The highest BCUT2D eigenvalue weighted by atomic mass is 16.5. The van der Waals surface area contributed by atoms with E-state index in [0.717, 1.165) is 0 Å². The van der Waals surface area contributed by atoms with E-state index >= 15 is 0 Å². The summed E-state index contributed by atoms with van der Waals surface area (Å²) in [6.07, 6.45) is 2.92. The topological polar surface area (TPSA) is 104 Å². The van der Waals surface area contributed by atoms with Crippen molar-refractivity contribution in [3.63, 3.8) is 0 Å². The first-order chi connectivity index (χ1) is 9.90. The molecule has 0 saturated carbocycles. The van der Waals surface area contributed by atoms with Gasteiger partial charge in [-0.3, -0.25) is 0 Å². The monoisotopic (exact) mass is 270 g/mol. The van der Waals surface area contributed by atoms with Gasteiger partial charge in [0.05, 0.1) is 0 Å². The van der Waals surface area contributed by atoms with E-state index in [1.807, 2.05) is 0 Å². The van der Waals surface area contributed by atoms with Crippen molar-refractivity contribution in [3.05, 3.63) is 36.8 Å². The van der Waals surface area contributed by atoms with Gasteiger partial charge >= 0.3 is 0 Å². The maximum Gasteiger partial charge on any atom is 0.205 e. The van der Waals surface area contributed by atoms with Crippen molar-refractivity contribution in [3.8, 4) is 34.3 Å². The van der Waals surface area contributed by atoms with Crippen LogP contribution < -0.4 is 0 Å². The van der Waals surface area contributed by atoms with E-state index in [0.29, 0.717) is 34.3 Å². The van der Waals surface area contributed by atoms with Gasteiger partial charge in [0.25, 0.3) is 0 Å². The Morgan fingerprint density at radius 1 is 0.600 bits per heavy atom. The molecule has 20 heavy (non-hydrogen) atoms. The fourth-order valence-electron chi connectivity index (χ4n) is 1.71. The molecule has 0 amide bonds. The molecule has 0 radical (unpaired) electrons. The molecule has 0 aromatic carbocycles. The van der Waals surface area contributed by atoms with Crippen LogP contribution in [0.2, 0.25) is 0 Å². The van der Waals surface area contributed by atoms with Crippen LogP contribution in [0.3, 0.4) is 0 Å². The van der Waals surface area contributed by atoms with Crippen LogP contribution in [0, 0.1) is 0 Å². The zero-order valence-electron chi connectivity index (χ0n) is 9.89. The summed E-state index contributed by atoms with van der Waals surface area (Å²) in [5.41, 5.74) is 2.26. The Morgan fingerprint density at radius 3 is 1.50 bits per heavy atom. The first kappa shape index (κ1) is 10.7. The predicted molar refractivity (Wildman–Crippen MR) is 63.0 cm³/mol. The number of nitrogens with zero attached hydrogens (tertiary/aromatic N) is 4. The molecule has 98 valence electrons. The first-order valence-corrected chi connectivity index (χ1v) is 5.65. The molecular weight excluding hydrogens is 264 g/mol. The highest BCUT2D eigenvalue weighted by Gasteiger charge is 2.16. The molecule has 0 aliphatic heterocycles. The van der Waals surface area contributed by atoms with Crippen molar-refractivity contribution < 1.29 is 18.1 Å². The standard InChI is InChI=1S/C12H6N4O4/c1-3-17-13-7(1)9-5-11(19-15-9)12-6-10(16-20-12)8-2-4-18-14-8/h1-6H. The highest BCUT2D eigenvalue weighted by Crippen LogP contribution is 2.28. The van der Waals surface area contributed by atoms with Crippen LogP contribution in [-0.4, -0.2) is 20.6 Å². The fourth-order valence-corrected chi connectivity index (χ4v) is 1.71. The fraction of sp³-hybridized carbons (Fsp3) is 0.